The lowest BCUT2D eigenvalue weighted by molar-refractivity contribution is 0.112. The highest BCUT2D eigenvalue weighted by molar-refractivity contribution is 6.38. The van der Waals surface area contributed by atoms with Crippen molar-refractivity contribution in [3.05, 3.63) is 63.7 Å². The SMILES string of the molecule is O=Cc1ccccc1C1=CCC(Cl)=CC=C1Cl. The number of carbonyl (C=O) groups is 1. The van der Waals surface area contributed by atoms with Crippen LogP contribution in [-0.4, -0.2) is 6.29 Å². The molecule has 0 spiro atoms. The highest BCUT2D eigenvalue weighted by Gasteiger charge is 2.11. The van der Waals surface area contributed by atoms with Crippen LogP contribution in [0.25, 0.3) is 5.57 Å². The number of carbonyl (C=O) groups excluding carboxylic acids is 1. The van der Waals surface area contributed by atoms with Crippen LogP contribution in [0.4, 0.5) is 0 Å². The van der Waals surface area contributed by atoms with E-state index in [2.05, 4.69) is 0 Å². The Morgan fingerprint density at radius 3 is 2.65 bits per heavy atom. The predicted octanol–water partition coefficient (Wildman–Crippen LogP) is 4.53. The summed E-state index contributed by atoms with van der Waals surface area (Å²) >= 11 is 12.1. The van der Waals surface area contributed by atoms with Crippen molar-refractivity contribution in [2.24, 2.45) is 0 Å². The summed E-state index contributed by atoms with van der Waals surface area (Å²) in [6, 6.07) is 7.36. The van der Waals surface area contributed by atoms with Crippen molar-refractivity contribution in [1.29, 1.82) is 0 Å². The van der Waals surface area contributed by atoms with Crippen LogP contribution in [0.15, 0.2) is 52.6 Å². The molecule has 17 heavy (non-hydrogen) atoms. The highest BCUT2D eigenvalue weighted by atomic mass is 35.5. The monoisotopic (exact) mass is 264 g/mol. The molecule has 1 aromatic carbocycles. The Bertz CT molecular complexity index is 539. The molecule has 0 N–H and O–H groups in total. The van der Waals surface area contributed by atoms with Gasteiger partial charge in [0, 0.05) is 22.0 Å². The first-order valence-corrected chi connectivity index (χ1v) is 5.95. The molecular formula is C14H10Cl2O. The summed E-state index contributed by atoms with van der Waals surface area (Å²) in [4.78, 5) is 11.0. The molecule has 0 bridgehead atoms. The number of benzene rings is 1. The van der Waals surface area contributed by atoms with Crippen molar-refractivity contribution in [3.63, 3.8) is 0 Å². The van der Waals surface area contributed by atoms with E-state index in [0.717, 1.165) is 22.5 Å². The van der Waals surface area contributed by atoms with Gasteiger partial charge in [-0.1, -0.05) is 53.5 Å². The van der Waals surface area contributed by atoms with Gasteiger partial charge < -0.3 is 0 Å². The maximum atomic E-state index is 11.0. The molecule has 0 unspecified atom stereocenters. The molecule has 3 heteroatoms. The van der Waals surface area contributed by atoms with Crippen molar-refractivity contribution in [2.75, 3.05) is 0 Å². The molecule has 0 saturated carbocycles. The van der Waals surface area contributed by atoms with Crippen LogP contribution in [0.2, 0.25) is 0 Å². The molecule has 0 aromatic heterocycles. The zero-order valence-electron chi connectivity index (χ0n) is 8.99. The summed E-state index contributed by atoms with van der Waals surface area (Å²) in [5.74, 6) is 0. The van der Waals surface area contributed by atoms with Crippen LogP contribution in [0, 0.1) is 0 Å². The topological polar surface area (TPSA) is 17.1 Å². The minimum absolute atomic E-state index is 0.593. The molecule has 0 amide bonds. The summed E-state index contributed by atoms with van der Waals surface area (Å²) in [7, 11) is 0. The van der Waals surface area contributed by atoms with E-state index in [1.165, 1.54) is 0 Å². The van der Waals surface area contributed by atoms with Crippen molar-refractivity contribution >= 4 is 35.1 Å². The quantitative estimate of drug-likeness (QED) is 0.718. The highest BCUT2D eigenvalue weighted by Crippen LogP contribution is 2.32. The summed E-state index contributed by atoms with van der Waals surface area (Å²) in [6.07, 6.45) is 6.92. The van der Waals surface area contributed by atoms with Crippen LogP contribution in [0.1, 0.15) is 22.3 Å². The standard InChI is InChI=1S/C14H10Cl2O/c15-11-5-7-13(14(16)8-6-11)12-4-2-1-3-10(12)9-17/h1-4,6-9H,5H2. The van der Waals surface area contributed by atoms with E-state index in [1.54, 1.807) is 18.2 Å². The van der Waals surface area contributed by atoms with Crippen LogP contribution in [-0.2, 0) is 0 Å². The molecule has 0 aliphatic heterocycles. The summed E-state index contributed by atoms with van der Waals surface area (Å²) < 4.78 is 0. The predicted molar refractivity (Wildman–Crippen MR) is 72.3 cm³/mol. The number of hydrogen-bond acceptors (Lipinski definition) is 1. The zero-order valence-corrected chi connectivity index (χ0v) is 10.5. The van der Waals surface area contributed by atoms with Crippen LogP contribution < -0.4 is 0 Å². The van der Waals surface area contributed by atoms with Crippen molar-refractivity contribution < 1.29 is 4.79 Å². The molecule has 2 rings (SSSR count). The first kappa shape index (κ1) is 12.2. The lowest BCUT2D eigenvalue weighted by atomic mass is 9.99. The van der Waals surface area contributed by atoms with Gasteiger partial charge in [-0.3, -0.25) is 4.79 Å². The second-order valence-corrected chi connectivity index (χ2v) is 4.55. The third-order valence-corrected chi connectivity index (χ3v) is 3.16. The maximum absolute atomic E-state index is 11.0. The number of aldehydes is 1. The largest absolute Gasteiger partial charge is 0.298 e. The average Bonchev–Trinajstić information content (AvgIpc) is 2.52. The fourth-order valence-electron chi connectivity index (χ4n) is 1.70. The zero-order chi connectivity index (χ0) is 12.3. The van der Waals surface area contributed by atoms with Gasteiger partial charge in [-0.15, -0.1) is 0 Å². The Kier molecular flexibility index (Phi) is 3.82. The smallest absolute Gasteiger partial charge is 0.150 e. The fraction of sp³-hybridized carbons (Fsp3) is 0.0714. The first-order valence-electron chi connectivity index (χ1n) is 5.19. The molecule has 1 aliphatic carbocycles. The van der Waals surface area contributed by atoms with Gasteiger partial charge in [0.15, 0.2) is 6.29 Å². The Hall–Kier alpha value is -1.31. The normalized spacial score (nSPS) is 15.5. The van der Waals surface area contributed by atoms with E-state index in [1.807, 2.05) is 24.3 Å². The minimum atomic E-state index is 0.593. The van der Waals surface area contributed by atoms with Gasteiger partial charge in [-0.2, -0.15) is 0 Å². The van der Waals surface area contributed by atoms with Crippen LogP contribution in [0.5, 0.6) is 0 Å². The van der Waals surface area contributed by atoms with E-state index in [-0.39, 0.29) is 0 Å². The molecule has 1 nitrogen and oxygen atoms in total. The Labute approximate surface area is 110 Å². The van der Waals surface area contributed by atoms with Gasteiger partial charge in [0.2, 0.25) is 0 Å². The second kappa shape index (κ2) is 5.35. The van der Waals surface area contributed by atoms with E-state index in [0.29, 0.717) is 17.0 Å². The second-order valence-electron chi connectivity index (χ2n) is 3.66. The lowest BCUT2D eigenvalue weighted by Gasteiger charge is -2.08. The van der Waals surface area contributed by atoms with E-state index in [9.17, 15) is 4.79 Å². The molecule has 86 valence electrons. The van der Waals surface area contributed by atoms with Gasteiger partial charge in [-0.05, 0) is 23.3 Å². The van der Waals surface area contributed by atoms with Crippen molar-refractivity contribution in [1.82, 2.24) is 0 Å². The van der Waals surface area contributed by atoms with Crippen molar-refractivity contribution in [3.8, 4) is 0 Å². The van der Waals surface area contributed by atoms with E-state index in [4.69, 9.17) is 23.2 Å². The molecule has 1 aliphatic rings. The Morgan fingerprint density at radius 2 is 1.88 bits per heavy atom. The van der Waals surface area contributed by atoms with Crippen LogP contribution in [0.3, 0.4) is 0 Å². The third-order valence-electron chi connectivity index (χ3n) is 2.55. The average molecular weight is 265 g/mol. The van der Waals surface area contributed by atoms with Gasteiger partial charge in [0.1, 0.15) is 0 Å². The van der Waals surface area contributed by atoms with E-state index >= 15 is 0 Å². The maximum Gasteiger partial charge on any atom is 0.150 e. The van der Waals surface area contributed by atoms with Gasteiger partial charge >= 0.3 is 0 Å². The molecule has 0 saturated heterocycles. The number of halogens is 2. The molecule has 1 aromatic rings. The number of rotatable bonds is 2. The van der Waals surface area contributed by atoms with Crippen LogP contribution >= 0.6 is 23.2 Å². The Morgan fingerprint density at radius 1 is 1.12 bits per heavy atom. The fourth-order valence-corrected chi connectivity index (χ4v) is 2.08. The summed E-state index contributed by atoms with van der Waals surface area (Å²) in [6.45, 7) is 0. The van der Waals surface area contributed by atoms with Crippen molar-refractivity contribution in [2.45, 2.75) is 6.42 Å². The molecule has 0 radical (unpaired) electrons. The summed E-state index contributed by atoms with van der Waals surface area (Å²) in [5, 5.41) is 1.32. The molecule has 0 atom stereocenters. The Balaban J connectivity index is 2.51. The molecular weight excluding hydrogens is 255 g/mol. The van der Waals surface area contributed by atoms with Gasteiger partial charge in [0.05, 0.1) is 0 Å². The number of hydrogen-bond donors (Lipinski definition) is 0. The minimum Gasteiger partial charge on any atom is -0.298 e. The van der Waals surface area contributed by atoms with E-state index < -0.39 is 0 Å². The first-order chi connectivity index (χ1) is 8.22. The number of allylic oxidation sites excluding steroid dienone is 6. The summed E-state index contributed by atoms with van der Waals surface area (Å²) in [5.41, 5.74) is 2.31. The lowest BCUT2D eigenvalue weighted by Crippen LogP contribution is -1.92. The molecule has 0 heterocycles. The molecule has 0 fully saturated rings. The van der Waals surface area contributed by atoms with Gasteiger partial charge in [0.25, 0.3) is 0 Å². The van der Waals surface area contributed by atoms with Gasteiger partial charge in [-0.25, -0.2) is 0 Å². The third kappa shape index (κ3) is 2.68.